The van der Waals surface area contributed by atoms with Gasteiger partial charge in [0.05, 0.1) is 11.0 Å². The number of rotatable bonds is 6. The van der Waals surface area contributed by atoms with Crippen molar-refractivity contribution in [1.82, 2.24) is 19.5 Å². The third-order valence-electron chi connectivity index (χ3n) is 11.0. The van der Waals surface area contributed by atoms with Crippen LogP contribution in [0.4, 0.5) is 0 Å². The molecule has 266 valence electrons. The van der Waals surface area contributed by atoms with Crippen LogP contribution in [0, 0.1) is 0 Å². The zero-order chi connectivity index (χ0) is 37.7. The largest absolute Gasteiger partial charge is 0.278 e. The van der Waals surface area contributed by atoms with Gasteiger partial charge in [0.2, 0.25) is 5.95 Å². The summed E-state index contributed by atoms with van der Waals surface area (Å²) in [7, 11) is 0. The molecule has 0 atom stereocenters. The second kappa shape index (κ2) is 13.6. The Morgan fingerprint density at radius 1 is 0.298 bits per heavy atom. The molecule has 57 heavy (non-hydrogen) atoms. The van der Waals surface area contributed by atoms with Gasteiger partial charge in [-0.15, -0.1) is 0 Å². The van der Waals surface area contributed by atoms with Gasteiger partial charge in [0, 0.05) is 21.9 Å². The van der Waals surface area contributed by atoms with Crippen LogP contribution in [0.3, 0.4) is 0 Å². The topological polar surface area (TPSA) is 43.6 Å². The van der Waals surface area contributed by atoms with Crippen molar-refractivity contribution in [2.75, 3.05) is 0 Å². The molecular formula is C53H34N4. The van der Waals surface area contributed by atoms with E-state index in [4.69, 9.17) is 15.0 Å². The molecule has 4 heteroatoms. The highest BCUT2D eigenvalue weighted by Crippen LogP contribution is 2.38. The maximum Gasteiger partial charge on any atom is 0.238 e. The molecule has 0 amide bonds. The average Bonchev–Trinajstić information content (AvgIpc) is 3.61. The molecule has 0 aliphatic carbocycles. The van der Waals surface area contributed by atoms with Crippen molar-refractivity contribution in [3.8, 4) is 62.1 Å². The van der Waals surface area contributed by atoms with Gasteiger partial charge in [0.25, 0.3) is 0 Å². The summed E-state index contributed by atoms with van der Waals surface area (Å²) in [5.74, 6) is 1.80. The third-order valence-corrected chi connectivity index (χ3v) is 11.0. The Balaban J connectivity index is 1.10. The molecule has 2 heterocycles. The van der Waals surface area contributed by atoms with Gasteiger partial charge in [0.15, 0.2) is 11.6 Å². The number of aromatic nitrogens is 4. The lowest BCUT2D eigenvalue weighted by Crippen LogP contribution is -2.06. The zero-order valence-corrected chi connectivity index (χ0v) is 30.9. The highest BCUT2D eigenvalue weighted by Gasteiger charge is 2.19. The minimum absolute atomic E-state index is 0.576. The maximum absolute atomic E-state index is 5.28. The zero-order valence-electron chi connectivity index (χ0n) is 30.9. The lowest BCUT2D eigenvalue weighted by Gasteiger charge is -2.14. The Kier molecular flexibility index (Phi) is 7.78. The van der Waals surface area contributed by atoms with E-state index >= 15 is 0 Å². The van der Waals surface area contributed by atoms with Crippen LogP contribution < -0.4 is 0 Å². The molecule has 2 aromatic heterocycles. The second-order valence-electron chi connectivity index (χ2n) is 14.5. The Bertz CT molecular complexity index is 3270. The monoisotopic (exact) mass is 726 g/mol. The summed E-state index contributed by atoms with van der Waals surface area (Å²) in [4.78, 5) is 15.7. The quantitative estimate of drug-likeness (QED) is 0.171. The van der Waals surface area contributed by atoms with Crippen molar-refractivity contribution in [1.29, 1.82) is 0 Å². The average molecular weight is 727 g/mol. The molecule has 0 bridgehead atoms. The molecule has 4 nitrogen and oxygen atoms in total. The first-order valence-corrected chi connectivity index (χ1v) is 19.3. The first-order chi connectivity index (χ1) is 28.2. The van der Waals surface area contributed by atoms with Crippen LogP contribution >= 0.6 is 0 Å². The summed E-state index contributed by atoms with van der Waals surface area (Å²) in [5, 5.41) is 7.13. The van der Waals surface area contributed by atoms with Crippen molar-refractivity contribution in [2.24, 2.45) is 0 Å². The minimum atomic E-state index is 0.576. The fraction of sp³-hybridized carbons (Fsp3) is 0. The molecule has 9 aromatic carbocycles. The molecule has 11 rings (SSSR count). The number of para-hydroxylation sites is 1. The number of fused-ring (bicyclic) bond motifs is 5. The Hall–Kier alpha value is -7.69. The predicted molar refractivity (Wildman–Crippen MR) is 236 cm³/mol. The van der Waals surface area contributed by atoms with Crippen LogP contribution in [0.25, 0.3) is 105 Å². The SMILES string of the molecule is c1ccc(-c2cccc(-c3nc(-c4ccc(-c5cccc6cccc(-c7ccccc7)c56)cc4)nc(-n4c5ccccc5c5cc6ccccc6cc54)n3)c2)cc1. The van der Waals surface area contributed by atoms with Gasteiger partial charge in [-0.25, -0.2) is 4.98 Å². The van der Waals surface area contributed by atoms with Crippen molar-refractivity contribution in [3.63, 3.8) is 0 Å². The van der Waals surface area contributed by atoms with Crippen LogP contribution in [0.1, 0.15) is 0 Å². The van der Waals surface area contributed by atoms with E-state index < -0.39 is 0 Å². The Morgan fingerprint density at radius 2 is 0.825 bits per heavy atom. The van der Waals surface area contributed by atoms with E-state index in [-0.39, 0.29) is 0 Å². The molecule has 0 N–H and O–H groups in total. The predicted octanol–water partition coefficient (Wildman–Crippen LogP) is 13.6. The number of hydrogen-bond acceptors (Lipinski definition) is 3. The highest BCUT2D eigenvalue weighted by molar-refractivity contribution is 6.13. The van der Waals surface area contributed by atoms with Crippen molar-refractivity contribution in [2.45, 2.75) is 0 Å². The van der Waals surface area contributed by atoms with E-state index in [1.165, 1.54) is 38.2 Å². The summed E-state index contributed by atoms with van der Waals surface area (Å²) in [6.45, 7) is 0. The van der Waals surface area contributed by atoms with E-state index in [9.17, 15) is 0 Å². The van der Waals surface area contributed by atoms with Crippen LogP contribution in [-0.4, -0.2) is 19.5 Å². The van der Waals surface area contributed by atoms with E-state index in [2.05, 4.69) is 205 Å². The van der Waals surface area contributed by atoms with Crippen molar-refractivity contribution >= 4 is 43.4 Å². The highest BCUT2D eigenvalue weighted by atomic mass is 15.2. The number of benzene rings is 9. The molecule has 11 aromatic rings. The maximum atomic E-state index is 5.28. The smallest absolute Gasteiger partial charge is 0.238 e. The summed E-state index contributed by atoms with van der Waals surface area (Å²) in [5.41, 5.74) is 10.9. The van der Waals surface area contributed by atoms with E-state index in [0.717, 1.165) is 49.6 Å². The summed E-state index contributed by atoms with van der Waals surface area (Å²) in [6, 6.07) is 72.9. The Morgan fingerprint density at radius 3 is 1.56 bits per heavy atom. The lowest BCUT2D eigenvalue weighted by molar-refractivity contribution is 0.954. The van der Waals surface area contributed by atoms with Crippen molar-refractivity contribution < 1.29 is 0 Å². The standard InChI is InChI=1S/C53H34N4/c1-3-14-35(15-4-1)40-22-11-23-43(32-40)52-54-51(55-53(56-52)57-48-27-10-9-24-46(48)47-33-41-18-7-8-19-42(41)34-49(47)57)39-30-28-37(29-31-39)45-26-13-21-38-20-12-25-44(50(38)45)36-16-5-2-6-17-36/h1-34H. The number of nitrogens with zero attached hydrogens (tertiary/aromatic N) is 4. The molecule has 0 radical (unpaired) electrons. The molecule has 0 saturated carbocycles. The first kappa shape index (κ1) is 32.7. The van der Waals surface area contributed by atoms with Crippen LogP contribution in [0.15, 0.2) is 206 Å². The lowest BCUT2D eigenvalue weighted by atomic mass is 9.91. The van der Waals surface area contributed by atoms with E-state index in [0.29, 0.717) is 17.6 Å². The summed E-state index contributed by atoms with van der Waals surface area (Å²) >= 11 is 0. The van der Waals surface area contributed by atoms with Gasteiger partial charge < -0.3 is 0 Å². The minimum Gasteiger partial charge on any atom is -0.278 e. The van der Waals surface area contributed by atoms with Crippen molar-refractivity contribution in [3.05, 3.63) is 206 Å². The fourth-order valence-electron chi connectivity index (χ4n) is 8.30. The summed E-state index contributed by atoms with van der Waals surface area (Å²) in [6.07, 6.45) is 0. The van der Waals surface area contributed by atoms with Gasteiger partial charge in [0.1, 0.15) is 0 Å². The van der Waals surface area contributed by atoms with Crippen LogP contribution in [0.2, 0.25) is 0 Å². The molecule has 0 aliphatic heterocycles. The normalized spacial score (nSPS) is 11.5. The van der Waals surface area contributed by atoms with Gasteiger partial charge in [-0.05, 0) is 79.2 Å². The van der Waals surface area contributed by atoms with Gasteiger partial charge >= 0.3 is 0 Å². The Labute approximate surface area is 330 Å². The van der Waals surface area contributed by atoms with Gasteiger partial charge in [-0.3, -0.25) is 4.57 Å². The van der Waals surface area contributed by atoms with Crippen LogP contribution in [0.5, 0.6) is 0 Å². The third kappa shape index (κ3) is 5.74. The van der Waals surface area contributed by atoms with E-state index in [1.807, 2.05) is 6.07 Å². The van der Waals surface area contributed by atoms with Crippen LogP contribution in [-0.2, 0) is 0 Å². The molecule has 0 fully saturated rings. The molecular weight excluding hydrogens is 693 g/mol. The molecule has 0 saturated heterocycles. The van der Waals surface area contributed by atoms with E-state index in [1.54, 1.807) is 0 Å². The first-order valence-electron chi connectivity index (χ1n) is 19.3. The summed E-state index contributed by atoms with van der Waals surface area (Å²) < 4.78 is 2.20. The molecule has 0 unspecified atom stereocenters. The van der Waals surface area contributed by atoms with Gasteiger partial charge in [-0.1, -0.05) is 182 Å². The van der Waals surface area contributed by atoms with Gasteiger partial charge in [-0.2, -0.15) is 9.97 Å². The second-order valence-corrected chi connectivity index (χ2v) is 14.5. The molecule has 0 spiro atoms. The molecule has 0 aliphatic rings. The fourth-order valence-corrected chi connectivity index (χ4v) is 8.30. The number of hydrogen-bond donors (Lipinski definition) is 0.